The van der Waals surface area contributed by atoms with E-state index in [-0.39, 0.29) is 30.8 Å². The molecule has 29 heavy (non-hydrogen) atoms. The Morgan fingerprint density at radius 2 is 2.07 bits per heavy atom. The van der Waals surface area contributed by atoms with Gasteiger partial charge in [-0.25, -0.2) is 4.68 Å². The fourth-order valence-corrected chi connectivity index (χ4v) is 3.23. The van der Waals surface area contributed by atoms with Gasteiger partial charge in [0, 0.05) is 18.2 Å². The van der Waals surface area contributed by atoms with Gasteiger partial charge in [-0.2, -0.15) is 10.1 Å². The molecule has 0 fully saturated rings. The highest BCUT2D eigenvalue weighted by molar-refractivity contribution is 6.05. The molecular weight excluding hydrogens is 374 g/mol. The zero-order valence-corrected chi connectivity index (χ0v) is 15.9. The predicted molar refractivity (Wildman–Crippen MR) is 106 cm³/mol. The van der Waals surface area contributed by atoms with E-state index < -0.39 is 6.04 Å². The van der Waals surface area contributed by atoms with Gasteiger partial charge < -0.3 is 14.8 Å². The smallest absolute Gasteiger partial charge is 0.249 e. The Kier molecular flexibility index (Phi) is 5.50. The first-order chi connectivity index (χ1) is 14.2. The zero-order valence-electron chi connectivity index (χ0n) is 15.9. The lowest BCUT2D eigenvalue weighted by Crippen LogP contribution is -2.36. The summed E-state index contributed by atoms with van der Waals surface area (Å²) in [4.78, 5) is 29.4. The number of nitrogens with one attached hydrogen (secondary N) is 2. The minimum Gasteiger partial charge on any atom is -0.382 e. The Balaban J connectivity index is 1.54. The van der Waals surface area contributed by atoms with E-state index in [0.717, 1.165) is 10.8 Å². The molecule has 0 aliphatic carbocycles. The summed E-state index contributed by atoms with van der Waals surface area (Å²) in [7, 11) is 1.59. The second-order valence-electron chi connectivity index (χ2n) is 6.63. The first kappa shape index (κ1) is 19.0. The van der Waals surface area contributed by atoms with Crippen LogP contribution in [0.3, 0.4) is 0 Å². The zero-order chi connectivity index (χ0) is 20.2. The molecule has 0 bridgehead atoms. The van der Waals surface area contributed by atoms with Crippen LogP contribution in [0.4, 0.5) is 11.6 Å². The van der Waals surface area contributed by atoms with Crippen LogP contribution in [0.1, 0.15) is 18.3 Å². The van der Waals surface area contributed by atoms with Crippen molar-refractivity contribution in [1.29, 1.82) is 0 Å². The SMILES string of the molecule is COCCOCc1nc2n(n1)[C@H](C(=O)Nc1cccc3ccccc13)CC(=O)N2. The van der Waals surface area contributed by atoms with Crippen molar-refractivity contribution in [3.8, 4) is 0 Å². The van der Waals surface area contributed by atoms with E-state index in [1.165, 1.54) is 4.68 Å². The molecule has 2 heterocycles. The summed E-state index contributed by atoms with van der Waals surface area (Å²) in [6.45, 7) is 1.02. The average molecular weight is 395 g/mol. The number of amides is 2. The number of carbonyl (C=O) groups excluding carboxylic acids is 2. The number of fused-ring (bicyclic) bond motifs is 2. The van der Waals surface area contributed by atoms with Gasteiger partial charge in [0.05, 0.1) is 19.6 Å². The third kappa shape index (κ3) is 4.10. The first-order valence-corrected chi connectivity index (χ1v) is 9.26. The fourth-order valence-electron chi connectivity index (χ4n) is 3.23. The van der Waals surface area contributed by atoms with E-state index in [1.54, 1.807) is 7.11 Å². The third-order valence-electron chi connectivity index (χ3n) is 4.61. The van der Waals surface area contributed by atoms with Crippen LogP contribution in [0.25, 0.3) is 10.8 Å². The Hall–Kier alpha value is -3.30. The second-order valence-corrected chi connectivity index (χ2v) is 6.63. The number of nitrogens with zero attached hydrogens (tertiary/aromatic N) is 3. The van der Waals surface area contributed by atoms with E-state index in [1.807, 2.05) is 42.5 Å². The van der Waals surface area contributed by atoms with Crippen LogP contribution < -0.4 is 10.6 Å². The largest absolute Gasteiger partial charge is 0.382 e. The van der Waals surface area contributed by atoms with Crippen LogP contribution in [0.5, 0.6) is 0 Å². The lowest BCUT2D eigenvalue weighted by molar-refractivity contribution is -0.125. The molecule has 4 rings (SSSR count). The van der Waals surface area contributed by atoms with Gasteiger partial charge in [0.1, 0.15) is 12.6 Å². The van der Waals surface area contributed by atoms with Gasteiger partial charge in [-0.1, -0.05) is 36.4 Å². The quantitative estimate of drug-likeness (QED) is 0.594. The van der Waals surface area contributed by atoms with Crippen molar-refractivity contribution in [2.75, 3.05) is 31.0 Å². The van der Waals surface area contributed by atoms with Gasteiger partial charge in [-0.05, 0) is 11.5 Å². The number of hydrogen-bond donors (Lipinski definition) is 2. The van der Waals surface area contributed by atoms with Crippen molar-refractivity contribution in [2.24, 2.45) is 0 Å². The summed E-state index contributed by atoms with van der Waals surface area (Å²) in [5.41, 5.74) is 0.684. The minimum absolute atomic E-state index is 0.0169. The molecule has 0 unspecified atom stereocenters. The van der Waals surface area contributed by atoms with Crippen LogP contribution in [-0.4, -0.2) is 46.9 Å². The van der Waals surface area contributed by atoms with Gasteiger partial charge in [0.2, 0.25) is 17.8 Å². The number of methoxy groups -OCH3 is 1. The molecule has 2 amide bonds. The molecule has 0 saturated carbocycles. The summed E-state index contributed by atoms with van der Waals surface area (Å²) in [5, 5.41) is 11.9. The molecule has 9 nitrogen and oxygen atoms in total. The number of rotatable bonds is 7. The van der Waals surface area contributed by atoms with Crippen molar-refractivity contribution < 1.29 is 19.1 Å². The molecule has 0 saturated heterocycles. The van der Waals surface area contributed by atoms with E-state index in [0.29, 0.717) is 24.7 Å². The number of hydrogen-bond acceptors (Lipinski definition) is 6. The normalized spacial score (nSPS) is 15.8. The van der Waals surface area contributed by atoms with Gasteiger partial charge in [-0.3, -0.25) is 14.9 Å². The van der Waals surface area contributed by atoms with Gasteiger partial charge in [0.25, 0.3) is 0 Å². The van der Waals surface area contributed by atoms with Crippen molar-refractivity contribution in [3.63, 3.8) is 0 Å². The Bertz CT molecular complexity index is 1040. The number of anilines is 2. The summed E-state index contributed by atoms with van der Waals surface area (Å²) >= 11 is 0. The highest BCUT2D eigenvalue weighted by atomic mass is 16.5. The molecule has 1 aliphatic heterocycles. The van der Waals surface area contributed by atoms with Crippen molar-refractivity contribution in [2.45, 2.75) is 19.1 Å². The molecule has 3 aromatic rings. The molecule has 1 aliphatic rings. The molecular formula is C20H21N5O4. The van der Waals surface area contributed by atoms with Crippen LogP contribution in [0, 0.1) is 0 Å². The first-order valence-electron chi connectivity index (χ1n) is 9.26. The lowest BCUT2D eigenvalue weighted by Gasteiger charge is -2.22. The number of carbonyl (C=O) groups is 2. The van der Waals surface area contributed by atoms with E-state index in [4.69, 9.17) is 9.47 Å². The number of aromatic nitrogens is 3. The van der Waals surface area contributed by atoms with Crippen LogP contribution in [0.15, 0.2) is 42.5 Å². The molecule has 9 heteroatoms. The Labute approximate surface area is 167 Å². The number of ether oxygens (including phenoxy) is 2. The Morgan fingerprint density at radius 1 is 1.24 bits per heavy atom. The second kappa shape index (κ2) is 8.38. The topological polar surface area (TPSA) is 107 Å². The van der Waals surface area contributed by atoms with Crippen LogP contribution in [-0.2, 0) is 25.7 Å². The minimum atomic E-state index is -0.794. The van der Waals surface area contributed by atoms with Gasteiger partial charge >= 0.3 is 0 Å². The highest BCUT2D eigenvalue weighted by Gasteiger charge is 2.33. The molecule has 150 valence electrons. The monoisotopic (exact) mass is 395 g/mol. The van der Waals surface area contributed by atoms with E-state index in [2.05, 4.69) is 20.7 Å². The third-order valence-corrected chi connectivity index (χ3v) is 4.61. The summed E-state index contributed by atoms with van der Waals surface area (Å²) in [6.07, 6.45) is -0.0169. The predicted octanol–water partition coefficient (Wildman–Crippen LogP) is 2.12. The molecule has 0 spiro atoms. The molecule has 1 aromatic heterocycles. The van der Waals surface area contributed by atoms with Crippen molar-refractivity contribution in [3.05, 3.63) is 48.3 Å². The van der Waals surface area contributed by atoms with E-state index in [9.17, 15) is 9.59 Å². The Morgan fingerprint density at radius 3 is 2.93 bits per heavy atom. The lowest BCUT2D eigenvalue weighted by atomic mass is 10.1. The maximum atomic E-state index is 13.0. The molecule has 2 aromatic carbocycles. The molecule has 2 N–H and O–H groups in total. The number of benzene rings is 2. The molecule has 0 radical (unpaired) electrons. The van der Waals surface area contributed by atoms with Crippen LogP contribution in [0.2, 0.25) is 0 Å². The maximum Gasteiger partial charge on any atom is 0.249 e. The van der Waals surface area contributed by atoms with Crippen LogP contribution >= 0.6 is 0 Å². The summed E-state index contributed by atoms with van der Waals surface area (Å²) < 4.78 is 11.8. The van der Waals surface area contributed by atoms with Crippen molar-refractivity contribution >= 4 is 34.2 Å². The average Bonchev–Trinajstić information content (AvgIpc) is 3.13. The summed E-state index contributed by atoms with van der Waals surface area (Å²) in [5.74, 6) is 0.0231. The molecule has 1 atom stereocenters. The van der Waals surface area contributed by atoms with Gasteiger partial charge in [0.15, 0.2) is 5.82 Å². The highest BCUT2D eigenvalue weighted by Crippen LogP contribution is 2.27. The maximum absolute atomic E-state index is 13.0. The summed E-state index contributed by atoms with van der Waals surface area (Å²) in [6, 6.07) is 12.7. The van der Waals surface area contributed by atoms with Gasteiger partial charge in [-0.15, -0.1) is 0 Å². The van der Waals surface area contributed by atoms with E-state index >= 15 is 0 Å². The van der Waals surface area contributed by atoms with Crippen molar-refractivity contribution in [1.82, 2.24) is 14.8 Å². The standard InChI is InChI=1S/C20H21N5O4/c1-28-9-10-29-12-17-22-20-23-18(26)11-16(25(20)24-17)19(27)21-15-8-4-6-13-5-2-3-7-14(13)15/h2-8,16H,9-12H2,1H3,(H,21,27)(H,22,23,24,26)/t16-/m0/s1. The fraction of sp³-hybridized carbons (Fsp3) is 0.300.